The van der Waals surface area contributed by atoms with E-state index >= 15 is 0 Å². The number of hydrogen-bond acceptors (Lipinski definition) is 6. The van der Waals surface area contributed by atoms with E-state index in [2.05, 4.69) is 4.18 Å². The molecule has 0 aliphatic heterocycles. The monoisotopic (exact) mass is 245 g/mol. The van der Waals surface area contributed by atoms with E-state index in [1.54, 1.807) is 0 Å². The first-order chi connectivity index (χ1) is 6.73. The summed E-state index contributed by atoms with van der Waals surface area (Å²) in [6, 6.07) is 0. The standard InChI is InChI=1S/C6H15NO3.CH4O3S/c1-4(8)7(5(2)9)6(3)10;1-4-5(2)3/h4-6,8-10H,1-3H3;1H3,(H,2,3). The predicted octanol–water partition coefficient (Wildman–Crippen LogP) is -0.927. The molecule has 0 aromatic carbocycles. The summed E-state index contributed by atoms with van der Waals surface area (Å²) in [4.78, 5) is 1.17. The van der Waals surface area contributed by atoms with Crippen LogP contribution >= 0.6 is 0 Å². The van der Waals surface area contributed by atoms with Gasteiger partial charge in [0.25, 0.3) is 0 Å². The summed E-state index contributed by atoms with van der Waals surface area (Å²) in [5.74, 6) is 0. The molecule has 0 fully saturated rings. The Morgan fingerprint density at radius 3 is 1.27 bits per heavy atom. The van der Waals surface area contributed by atoms with Crippen LogP contribution < -0.4 is 0 Å². The fourth-order valence-corrected chi connectivity index (χ4v) is 0.937. The summed E-state index contributed by atoms with van der Waals surface area (Å²) in [5, 5.41) is 26.9. The van der Waals surface area contributed by atoms with Gasteiger partial charge in [-0.05, 0) is 20.8 Å². The van der Waals surface area contributed by atoms with Crippen molar-refractivity contribution in [1.29, 1.82) is 0 Å². The second-order valence-corrected chi connectivity index (χ2v) is 3.49. The number of rotatable bonds is 4. The molecule has 0 rings (SSSR count). The molecular weight excluding hydrogens is 226 g/mol. The van der Waals surface area contributed by atoms with E-state index in [1.165, 1.54) is 25.7 Å². The molecule has 0 aromatic heterocycles. The van der Waals surface area contributed by atoms with Crippen LogP contribution in [0, 0.1) is 0 Å². The minimum Gasteiger partial charge on any atom is -0.379 e. The van der Waals surface area contributed by atoms with Crippen LogP contribution in [0.1, 0.15) is 20.8 Å². The highest BCUT2D eigenvalue weighted by molar-refractivity contribution is 7.74. The highest BCUT2D eigenvalue weighted by Gasteiger charge is 2.20. The molecule has 0 aliphatic carbocycles. The Hall–Kier alpha value is -0.0900. The van der Waals surface area contributed by atoms with Crippen LogP contribution in [0.3, 0.4) is 0 Å². The Bertz CT molecular complexity index is 156. The molecule has 0 amide bonds. The lowest BCUT2D eigenvalue weighted by Gasteiger charge is -2.30. The van der Waals surface area contributed by atoms with Gasteiger partial charge in [0.15, 0.2) is 0 Å². The predicted molar refractivity (Wildman–Crippen MR) is 54.7 cm³/mol. The number of aliphatic hydroxyl groups excluding tert-OH is 3. The molecule has 0 saturated heterocycles. The average molecular weight is 245 g/mol. The van der Waals surface area contributed by atoms with E-state index in [0.717, 1.165) is 7.11 Å². The van der Waals surface area contributed by atoms with Crippen LogP contribution in [0.5, 0.6) is 0 Å². The van der Waals surface area contributed by atoms with Crippen LogP contribution in [0.4, 0.5) is 0 Å². The van der Waals surface area contributed by atoms with Gasteiger partial charge in [-0.15, -0.1) is 0 Å². The van der Waals surface area contributed by atoms with Crippen LogP contribution in [-0.2, 0) is 15.5 Å². The summed E-state index contributed by atoms with van der Waals surface area (Å²) < 4.78 is 20.6. The summed E-state index contributed by atoms with van der Waals surface area (Å²) >= 11 is -2.07. The van der Waals surface area contributed by atoms with Crippen LogP contribution in [-0.4, -0.2) is 54.8 Å². The molecule has 8 heteroatoms. The number of hydrogen-bond donors (Lipinski definition) is 4. The average Bonchev–Trinajstić information content (AvgIpc) is 2.02. The molecule has 0 bridgehead atoms. The van der Waals surface area contributed by atoms with E-state index in [-0.39, 0.29) is 0 Å². The largest absolute Gasteiger partial charge is 0.379 e. The summed E-state index contributed by atoms with van der Waals surface area (Å²) in [5.41, 5.74) is 0. The molecule has 4 N–H and O–H groups in total. The Morgan fingerprint density at radius 1 is 1.07 bits per heavy atom. The van der Waals surface area contributed by atoms with Crippen molar-refractivity contribution in [3.05, 3.63) is 0 Å². The van der Waals surface area contributed by atoms with Crippen molar-refractivity contribution < 1.29 is 28.3 Å². The SMILES string of the molecule is CC(O)N(C(C)O)C(C)O.COS(=O)O. The van der Waals surface area contributed by atoms with Crippen molar-refractivity contribution in [2.75, 3.05) is 7.11 Å². The lowest BCUT2D eigenvalue weighted by molar-refractivity contribution is -0.159. The van der Waals surface area contributed by atoms with Gasteiger partial charge in [0.05, 0.1) is 7.11 Å². The zero-order valence-corrected chi connectivity index (χ0v) is 10.0. The van der Waals surface area contributed by atoms with Crippen molar-refractivity contribution in [3.63, 3.8) is 0 Å². The zero-order chi connectivity index (χ0) is 12.6. The van der Waals surface area contributed by atoms with Gasteiger partial charge in [-0.25, -0.2) is 4.90 Å². The molecule has 4 unspecified atom stereocenters. The topological polar surface area (TPSA) is 110 Å². The quantitative estimate of drug-likeness (QED) is 0.374. The molecular formula is C7H19NO6S. The first-order valence-corrected chi connectivity index (χ1v) is 5.24. The Labute approximate surface area is 91.8 Å². The lowest BCUT2D eigenvalue weighted by atomic mass is 10.4. The zero-order valence-electron chi connectivity index (χ0n) is 9.19. The number of nitrogens with zero attached hydrogens (tertiary/aromatic N) is 1. The fourth-order valence-electron chi connectivity index (χ4n) is 0.937. The lowest BCUT2D eigenvalue weighted by Crippen LogP contribution is -2.45. The van der Waals surface area contributed by atoms with Gasteiger partial charge in [-0.3, -0.25) is 8.74 Å². The summed E-state index contributed by atoms with van der Waals surface area (Å²) in [6.45, 7) is 4.46. The van der Waals surface area contributed by atoms with E-state index in [0.29, 0.717) is 0 Å². The minimum absolute atomic E-state index is 0.833. The summed E-state index contributed by atoms with van der Waals surface area (Å²) in [7, 11) is 1.15. The second kappa shape index (κ2) is 9.16. The highest BCUT2D eigenvalue weighted by Crippen LogP contribution is 2.04. The van der Waals surface area contributed by atoms with Crippen molar-refractivity contribution in [2.24, 2.45) is 0 Å². The summed E-state index contributed by atoms with van der Waals surface area (Å²) in [6.07, 6.45) is -2.50. The maximum absolute atomic E-state index is 9.26. The molecule has 4 atom stereocenters. The normalized spacial score (nSPS) is 18.7. The third-order valence-electron chi connectivity index (χ3n) is 1.44. The third-order valence-corrected chi connectivity index (χ3v) is 1.72. The van der Waals surface area contributed by atoms with Crippen molar-refractivity contribution in [1.82, 2.24) is 4.90 Å². The molecule has 0 radical (unpaired) electrons. The Balaban J connectivity index is 0. The molecule has 0 aromatic rings. The maximum atomic E-state index is 9.26. The van der Waals surface area contributed by atoms with Crippen molar-refractivity contribution >= 4 is 11.4 Å². The van der Waals surface area contributed by atoms with Crippen LogP contribution in [0.25, 0.3) is 0 Å². The van der Waals surface area contributed by atoms with Gasteiger partial charge in [0.1, 0.15) is 18.7 Å². The van der Waals surface area contributed by atoms with Gasteiger partial charge in [-0.2, -0.15) is 4.21 Å². The van der Waals surface area contributed by atoms with E-state index < -0.39 is 30.0 Å². The van der Waals surface area contributed by atoms with Crippen molar-refractivity contribution in [3.8, 4) is 0 Å². The first kappa shape index (κ1) is 17.3. The number of aliphatic hydroxyl groups is 3. The Morgan fingerprint density at radius 2 is 1.27 bits per heavy atom. The fraction of sp³-hybridized carbons (Fsp3) is 1.00. The van der Waals surface area contributed by atoms with Crippen LogP contribution in [0.15, 0.2) is 0 Å². The third kappa shape index (κ3) is 10.2. The smallest absolute Gasteiger partial charge is 0.301 e. The highest BCUT2D eigenvalue weighted by atomic mass is 32.2. The molecule has 0 spiro atoms. The van der Waals surface area contributed by atoms with Crippen LogP contribution in [0.2, 0.25) is 0 Å². The molecule has 15 heavy (non-hydrogen) atoms. The van der Waals surface area contributed by atoms with E-state index in [9.17, 15) is 4.21 Å². The maximum Gasteiger partial charge on any atom is 0.301 e. The van der Waals surface area contributed by atoms with Gasteiger partial charge >= 0.3 is 11.4 Å². The minimum atomic E-state index is -2.07. The van der Waals surface area contributed by atoms with Gasteiger partial charge in [0.2, 0.25) is 0 Å². The molecule has 0 aliphatic rings. The molecule has 94 valence electrons. The van der Waals surface area contributed by atoms with Gasteiger partial charge in [-0.1, -0.05) is 0 Å². The molecule has 0 heterocycles. The van der Waals surface area contributed by atoms with Gasteiger partial charge in [0, 0.05) is 0 Å². The van der Waals surface area contributed by atoms with Crippen molar-refractivity contribution in [2.45, 2.75) is 39.5 Å². The first-order valence-electron chi connectivity index (χ1n) is 4.21. The van der Waals surface area contributed by atoms with E-state index in [4.69, 9.17) is 19.9 Å². The molecule has 7 nitrogen and oxygen atoms in total. The molecule has 0 saturated carbocycles. The second-order valence-electron chi connectivity index (χ2n) is 2.73. The van der Waals surface area contributed by atoms with Gasteiger partial charge < -0.3 is 15.3 Å². The van der Waals surface area contributed by atoms with E-state index in [1.807, 2.05) is 0 Å². The Kier molecular flexibility index (Phi) is 10.6.